The van der Waals surface area contributed by atoms with Crippen LogP contribution < -0.4 is 5.32 Å². The van der Waals surface area contributed by atoms with E-state index < -0.39 is 6.10 Å². The van der Waals surface area contributed by atoms with Gasteiger partial charge in [0.1, 0.15) is 0 Å². The number of nitrogens with one attached hydrogen (secondary N) is 1. The van der Waals surface area contributed by atoms with Gasteiger partial charge in [-0.3, -0.25) is 0 Å². The Hall–Kier alpha value is -0.530. The van der Waals surface area contributed by atoms with Crippen LogP contribution in [0.3, 0.4) is 0 Å². The lowest BCUT2D eigenvalue weighted by Gasteiger charge is -2.16. The van der Waals surface area contributed by atoms with Crippen molar-refractivity contribution in [2.45, 2.75) is 32.3 Å². The molecule has 6 heteroatoms. The van der Waals surface area contributed by atoms with Gasteiger partial charge in [0, 0.05) is 30.9 Å². The van der Waals surface area contributed by atoms with Gasteiger partial charge in [-0.15, -0.1) is 11.3 Å². The van der Waals surface area contributed by atoms with Crippen molar-refractivity contribution in [1.82, 2.24) is 15.2 Å². The predicted molar refractivity (Wildman–Crippen MR) is 85.9 cm³/mol. The van der Waals surface area contributed by atoms with Crippen LogP contribution in [0.1, 0.15) is 23.4 Å². The third-order valence-corrected chi connectivity index (χ3v) is 4.81. The molecule has 0 bridgehead atoms. The van der Waals surface area contributed by atoms with Crippen molar-refractivity contribution in [1.29, 1.82) is 0 Å². The van der Waals surface area contributed by atoms with Gasteiger partial charge in [0.2, 0.25) is 0 Å². The summed E-state index contributed by atoms with van der Waals surface area (Å²) in [7, 11) is 0. The van der Waals surface area contributed by atoms with Crippen molar-refractivity contribution in [3.05, 3.63) is 16.1 Å². The van der Waals surface area contributed by atoms with E-state index in [-0.39, 0.29) is 0 Å². The molecule has 1 atom stereocenters. The lowest BCUT2D eigenvalue weighted by Crippen LogP contribution is -2.36. The van der Waals surface area contributed by atoms with E-state index in [1.807, 2.05) is 12.4 Å². The number of hydrogen-bond acceptors (Lipinski definition) is 6. The number of ether oxygens (including phenoxy) is 1. The molecule has 0 aromatic carbocycles. The molecule has 1 fully saturated rings. The molecule has 1 unspecified atom stereocenters. The van der Waals surface area contributed by atoms with Gasteiger partial charge in [-0.25, -0.2) is 4.98 Å². The quantitative estimate of drug-likeness (QED) is 0.633. The smallest absolute Gasteiger partial charge is 0.0897 e. The number of likely N-dealkylation sites (tertiary alicyclic amines) is 1. The molecule has 0 radical (unpaired) electrons. The molecule has 1 aromatic heterocycles. The minimum Gasteiger partial charge on any atom is -0.389 e. The van der Waals surface area contributed by atoms with Crippen LogP contribution in [0.25, 0.3) is 0 Å². The number of hydrogen-bond donors (Lipinski definition) is 2. The molecule has 2 N–H and O–H groups in total. The first-order valence-electron chi connectivity index (χ1n) is 7.83. The van der Waals surface area contributed by atoms with Crippen LogP contribution in [-0.2, 0) is 11.2 Å². The number of aromatic nitrogens is 1. The molecule has 5 nitrogen and oxygen atoms in total. The van der Waals surface area contributed by atoms with Crippen molar-refractivity contribution in [2.24, 2.45) is 0 Å². The third kappa shape index (κ3) is 6.40. The first kappa shape index (κ1) is 16.8. The zero-order chi connectivity index (χ0) is 14.9. The Morgan fingerprint density at radius 2 is 2.29 bits per heavy atom. The standard InChI is InChI=1S/C15H27N3O2S/c1-13-15(21-12-17-13)4-9-20-11-14(19)10-16-5-8-18-6-2-3-7-18/h12,14,16,19H,2-11H2,1H3. The summed E-state index contributed by atoms with van der Waals surface area (Å²) in [6.45, 7) is 8.14. The Kier molecular flexibility index (Phi) is 7.60. The van der Waals surface area contributed by atoms with E-state index >= 15 is 0 Å². The molecule has 2 heterocycles. The highest BCUT2D eigenvalue weighted by Crippen LogP contribution is 2.12. The molecule has 0 spiro atoms. The molecule has 21 heavy (non-hydrogen) atoms. The third-order valence-electron chi connectivity index (χ3n) is 3.81. The van der Waals surface area contributed by atoms with E-state index in [2.05, 4.69) is 15.2 Å². The summed E-state index contributed by atoms with van der Waals surface area (Å²) in [5, 5.41) is 13.1. The van der Waals surface area contributed by atoms with Gasteiger partial charge in [0.15, 0.2) is 0 Å². The maximum atomic E-state index is 9.84. The van der Waals surface area contributed by atoms with Crippen molar-refractivity contribution in [3.8, 4) is 0 Å². The lowest BCUT2D eigenvalue weighted by molar-refractivity contribution is 0.0384. The minimum atomic E-state index is -0.425. The average molecular weight is 313 g/mol. The van der Waals surface area contributed by atoms with Gasteiger partial charge in [0.25, 0.3) is 0 Å². The van der Waals surface area contributed by atoms with Gasteiger partial charge < -0.3 is 20.1 Å². The van der Waals surface area contributed by atoms with Crippen LogP contribution in [0, 0.1) is 6.92 Å². The van der Waals surface area contributed by atoms with Crippen molar-refractivity contribution >= 4 is 11.3 Å². The largest absolute Gasteiger partial charge is 0.389 e. The van der Waals surface area contributed by atoms with Crippen LogP contribution in [-0.4, -0.2) is 67.0 Å². The summed E-state index contributed by atoms with van der Waals surface area (Å²) in [5.74, 6) is 0. The zero-order valence-corrected chi connectivity index (χ0v) is 13.7. The molecule has 1 aliphatic rings. The van der Waals surface area contributed by atoms with Crippen LogP contribution in [0.5, 0.6) is 0 Å². The molecule has 120 valence electrons. The summed E-state index contributed by atoms with van der Waals surface area (Å²) in [6.07, 6.45) is 3.11. The fraction of sp³-hybridized carbons (Fsp3) is 0.800. The number of aliphatic hydroxyl groups excluding tert-OH is 1. The van der Waals surface area contributed by atoms with Crippen LogP contribution in [0.2, 0.25) is 0 Å². The van der Waals surface area contributed by atoms with E-state index in [1.54, 1.807) is 11.3 Å². The molecular weight excluding hydrogens is 286 g/mol. The second-order valence-electron chi connectivity index (χ2n) is 5.59. The maximum Gasteiger partial charge on any atom is 0.0897 e. The Bertz CT molecular complexity index is 394. The van der Waals surface area contributed by atoms with E-state index in [9.17, 15) is 5.11 Å². The van der Waals surface area contributed by atoms with E-state index in [0.717, 1.165) is 25.2 Å². The Morgan fingerprint density at radius 1 is 1.48 bits per heavy atom. The summed E-state index contributed by atoms with van der Waals surface area (Å²) >= 11 is 1.67. The second kappa shape index (κ2) is 9.48. The van der Waals surface area contributed by atoms with Crippen LogP contribution >= 0.6 is 11.3 Å². The number of aliphatic hydroxyl groups is 1. The van der Waals surface area contributed by atoms with E-state index in [1.165, 1.54) is 30.8 Å². The van der Waals surface area contributed by atoms with Crippen LogP contribution in [0.15, 0.2) is 5.51 Å². The van der Waals surface area contributed by atoms with Gasteiger partial charge in [-0.05, 0) is 32.9 Å². The molecule has 0 saturated carbocycles. The zero-order valence-electron chi connectivity index (χ0n) is 12.9. The van der Waals surface area contributed by atoms with Gasteiger partial charge in [-0.2, -0.15) is 0 Å². The molecule has 0 aliphatic carbocycles. The van der Waals surface area contributed by atoms with Crippen LogP contribution in [0.4, 0.5) is 0 Å². The highest BCUT2D eigenvalue weighted by Gasteiger charge is 2.10. The number of aryl methyl sites for hydroxylation is 1. The predicted octanol–water partition coefficient (Wildman–Crippen LogP) is 1.06. The van der Waals surface area contributed by atoms with Gasteiger partial charge in [-0.1, -0.05) is 0 Å². The maximum absolute atomic E-state index is 9.84. The van der Waals surface area contributed by atoms with Crippen molar-refractivity contribution in [2.75, 3.05) is 45.9 Å². The Morgan fingerprint density at radius 3 is 3.00 bits per heavy atom. The Balaban J connectivity index is 1.44. The molecule has 1 aliphatic heterocycles. The minimum absolute atomic E-state index is 0.397. The SMILES string of the molecule is Cc1ncsc1CCOCC(O)CNCCN1CCCC1. The van der Waals surface area contributed by atoms with E-state index in [4.69, 9.17) is 4.74 Å². The summed E-state index contributed by atoms with van der Waals surface area (Å²) in [5.41, 5.74) is 2.96. The lowest BCUT2D eigenvalue weighted by atomic mass is 10.3. The van der Waals surface area contributed by atoms with E-state index in [0.29, 0.717) is 19.8 Å². The summed E-state index contributed by atoms with van der Waals surface area (Å²) in [6, 6.07) is 0. The number of rotatable bonds is 10. The highest BCUT2D eigenvalue weighted by molar-refractivity contribution is 7.09. The normalized spacial score (nSPS) is 17.4. The molecule has 2 rings (SSSR count). The Labute approximate surface area is 131 Å². The van der Waals surface area contributed by atoms with Crippen molar-refractivity contribution in [3.63, 3.8) is 0 Å². The molecule has 1 saturated heterocycles. The fourth-order valence-electron chi connectivity index (χ4n) is 2.52. The number of thiazole rings is 1. The second-order valence-corrected chi connectivity index (χ2v) is 6.53. The topological polar surface area (TPSA) is 57.6 Å². The first-order valence-corrected chi connectivity index (χ1v) is 8.71. The molecule has 0 amide bonds. The summed E-state index contributed by atoms with van der Waals surface area (Å²) < 4.78 is 5.53. The van der Waals surface area contributed by atoms with Gasteiger partial charge >= 0.3 is 0 Å². The monoisotopic (exact) mass is 313 g/mol. The first-order chi connectivity index (χ1) is 10.3. The molecule has 1 aromatic rings. The molecular formula is C15H27N3O2S. The highest BCUT2D eigenvalue weighted by atomic mass is 32.1. The van der Waals surface area contributed by atoms with Crippen molar-refractivity contribution < 1.29 is 9.84 Å². The van der Waals surface area contributed by atoms with Gasteiger partial charge in [0.05, 0.1) is 30.5 Å². The summed E-state index contributed by atoms with van der Waals surface area (Å²) in [4.78, 5) is 7.95. The average Bonchev–Trinajstić information content (AvgIpc) is 3.12. The fourth-order valence-corrected chi connectivity index (χ4v) is 3.28. The number of nitrogens with zero attached hydrogens (tertiary/aromatic N) is 2.